The lowest BCUT2D eigenvalue weighted by Gasteiger charge is -2.11. The van der Waals surface area contributed by atoms with Crippen LogP contribution in [-0.2, 0) is 6.54 Å². The fourth-order valence-corrected chi connectivity index (χ4v) is 5.51. The van der Waals surface area contributed by atoms with E-state index in [4.69, 9.17) is 11.6 Å². The molecule has 0 amide bonds. The minimum atomic E-state index is -1.04. The molecule has 8 nitrogen and oxygen atoms in total. The van der Waals surface area contributed by atoms with E-state index in [-0.39, 0.29) is 34.2 Å². The Bertz CT molecular complexity index is 1960. The van der Waals surface area contributed by atoms with Gasteiger partial charge < -0.3 is 5.11 Å². The molecule has 1 N–H and O–H groups in total. The zero-order valence-electron chi connectivity index (χ0n) is 19.8. The van der Waals surface area contributed by atoms with Crippen molar-refractivity contribution in [1.29, 1.82) is 10.5 Å². The van der Waals surface area contributed by atoms with E-state index in [1.807, 2.05) is 30.3 Å². The van der Waals surface area contributed by atoms with Crippen LogP contribution >= 0.6 is 22.9 Å². The topological polar surface area (TPSA) is 133 Å². The third kappa shape index (κ3) is 4.31. The van der Waals surface area contributed by atoms with E-state index >= 15 is 0 Å². The Balaban J connectivity index is 1.57. The molecule has 0 aliphatic rings. The molecular formula is C28H16ClN5O3S. The summed E-state index contributed by atoms with van der Waals surface area (Å²) < 4.78 is 2.19. The van der Waals surface area contributed by atoms with Crippen LogP contribution in [0.2, 0.25) is 5.02 Å². The molecule has 0 bridgehead atoms. The van der Waals surface area contributed by atoms with Crippen molar-refractivity contribution in [3.63, 3.8) is 0 Å². The molecule has 0 atom stereocenters. The number of aromatic carboxylic acids is 1. The van der Waals surface area contributed by atoms with Crippen molar-refractivity contribution < 1.29 is 9.90 Å². The third-order valence-electron chi connectivity index (χ3n) is 6.07. The van der Waals surface area contributed by atoms with Gasteiger partial charge in [-0.15, -0.1) is 11.3 Å². The second-order valence-corrected chi connectivity index (χ2v) is 9.66. The number of benzene rings is 2. The second kappa shape index (κ2) is 9.91. The number of aromatic nitrogens is 3. The predicted molar refractivity (Wildman–Crippen MR) is 146 cm³/mol. The van der Waals surface area contributed by atoms with Crippen molar-refractivity contribution >= 4 is 56.1 Å². The van der Waals surface area contributed by atoms with E-state index in [0.29, 0.717) is 21.9 Å². The Hall–Kier alpha value is -4.83. The summed E-state index contributed by atoms with van der Waals surface area (Å²) in [5.41, 5.74) is 3.25. The first-order chi connectivity index (χ1) is 18.3. The van der Waals surface area contributed by atoms with Crippen LogP contribution in [-0.4, -0.2) is 25.6 Å². The fraction of sp³-hybridized carbons (Fsp3) is 0.0714. The summed E-state index contributed by atoms with van der Waals surface area (Å²) in [5, 5.41) is 30.5. The standard InChI is InChI=1S/C28H16ClN5O3S/c1-15-33-23-10-16(12-30)9-18(13-31)24(23)27(35)34(15)8-2-3-17-4-5-19(29)11-21(17)20-6-7-32-25-22(28(36)37)14-38-26(20)25/h2-7,9-11,14H,8H2,1H3,(H,36,37)/b3-2+. The summed E-state index contributed by atoms with van der Waals surface area (Å²) in [6, 6.07) is 14.1. The van der Waals surface area contributed by atoms with E-state index < -0.39 is 5.97 Å². The van der Waals surface area contributed by atoms with Crippen LogP contribution < -0.4 is 5.56 Å². The van der Waals surface area contributed by atoms with Gasteiger partial charge in [0.05, 0.1) is 43.9 Å². The molecule has 0 fully saturated rings. The molecule has 0 radical (unpaired) electrons. The monoisotopic (exact) mass is 537 g/mol. The number of pyridine rings is 1. The van der Waals surface area contributed by atoms with Gasteiger partial charge in [0.25, 0.3) is 5.56 Å². The summed E-state index contributed by atoms with van der Waals surface area (Å²) >= 11 is 7.62. The zero-order chi connectivity index (χ0) is 27.0. The van der Waals surface area contributed by atoms with Gasteiger partial charge in [0.2, 0.25) is 0 Å². The number of aryl methyl sites for hydroxylation is 1. The minimum absolute atomic E-state index is 0.104. The first kappa shape index (κ1) is 24.8. The van der Waals surface area contributed by atoms with Crippen molar-refractivity contribution in [1.82, 2.24) is 14.5 Å². The van der Waals surface area contributed by atoms with Gasteiger partial charge in [-0.3, -0.25) is 14.3 Å². The molecule has 184 valence electrons. The van der Waals surface area contributed by atoms with Gasteiger partial charge in [0, 0.05) is 28.7 Å². The number of nitriles is 2. The van der Waals surface area contributed by atoms with Crippen molar-refractivity contribution in [3.05, 3.63) is 97.5 Å². The van der Waals surface area contributed by atoms with Crippen molar-refractivity contribution in [2.45, 2.75) is 13.5 Å². The molecule has 5 rings (SSSR count). The van der Waals surface area contributed by atoms with Gasteiger partial charge >= 0.3 is 5.97 Å². The summed E-state index contributed by atoms with van der Waals surface area (Å²) in [6.45, 7) is 1.88. The van der Waals surface area contributed by atoms with Gasteiger partial charge in [0.1, 0.15) is 11.9 Å². The first-order valence-electron chi connectivity index (χ1n) is 11.2. The van der Waals surface area contributed by atoms with E-state index in [0.717, 1.165) is 21.4 Å². The Morgan fingerprint density at radius 3 is 2.74 bits per heavy atom. The summed E-state index contributed by atoms with van der Waals surface area (Å²) in [7, 11) is 0. The largest absolute Gasteiger partial charge is 0.478 e. The van der Waals surface area contributed by atoms with Gasteiger partial charge in [-0.25, -0.2) is 9.78 Å². The van der Waals surface area contributed by atoms with Gasteiger partial charge in [-0.05, 0) is 48.4 Å². The molecule has 0 aliphatic carbocycles. The number of carbonyl (C=O) groups is 1. The summed E-state index contributed by atoms with van der Waals surface area (Å²) in [4.78, 5) is 33.6. The number of nitrogens with zero attached hydrogens (tertiary/aromatic N) is 5. The number of hydrogen-bond donors (Lipinski definition) is 1. The smallest absolute Gasteiger partial charge is 0.338 e. The highest BCUT2D eigenvalue weighted by atomic mass is 35.5. The van der Waals surface area contributed by atoms with Crippen LogP contribution in [0.4, 0.5) is 0 Å². The van der Waals surface area contributed by atoms with Crippen LogP contribution in [0, 0.1) is 29.6 Å². The number of carboxylic acid groups (broad SMARTS) is 1. The van der Waals surface area contributed by atoms with Crippen molar-refractivity contribution in [3.8, 4) is 23.3 Å². The second-order valence-electron chi connectivity index (χ2n) is 8.34. The molecule has 0 unspecified atom stereocenters. The number of halogens is 1. The van der Waals surface area contributed by atoms with Crippen LogP contribution in [0.1, 0.15) is 32.9 Å². The third-order valence-corrected chi connectivity index (χ3v) is 7.31. The number of rotatable bonds is 5. The summed E-state index contributed by atoms with van der Waals surface area (Å²) in [6.07, 6.45) is 5.23. The van der Waals surface area contributed by atoms with Crippen LogP contribution in [0.3, 0.4) is 0 Å². The molecule has 5 aromatic rings. The van der Waals surface area contributed by atoms with Crippen LogP contribution in [0.5, 0.6) is 0 Å². The molecule has 3 aromatic heterocycles. The van der Waals surface area contributed by atoms with E-state index in [2.05, 4.69) is 9.97 Å². The van der Waals surface area contributed by atoms with Gasteiger partial charge in [-0.2, -0.15) is 10.5 Å². The lowest BCUT2D eigenvalue weighted by atomic mass is 9.99. The van der Waals surface area contributed by atoms with E-state index in [9.17, 15) is 25.2 Å². The lowest BCUT2D eigenvalue weighted by Crippen LogP contribution is -2.24. The average Bonchev–Trinajstić information content (AvgIpc) is 3.35. The normalized spacial score (nSPS) is 11.2. The maximum atomic E-state index is 13.3. The average molecular weight is 538 g/mol. The predicted octanol–water partition coefficient (Wildman–Crippen LogP) is 5.79. The fourth-order valence-electron chi connectivity index (χ4n) is 4.31. The highest BCUT2D eigenvalue weighted by Gasteiger charge is 2.17. The molecule has 2 aromatic carbocycles. The number of carboxylic acids is 1. The maximum absolute atomic E-state index is 13.3. The molecule has 0 spiro atoms. The Kier molecular flexibility index (Phi) is 6.48. The Morgan fingerprint density at radius 2 is 2.00 bits per heavy atom. The number of hydrogen-bond acceptors (Lipinski definition) is 7. The lowest BCUT2D eigenvalue weighted by molar-refractivity contribution is 0.0699. The van der Waals surface area contributed by atoms with Crippen molar-refractivity contribution in [2.24, 2.45) is 0 Å². The number of allylic oxidation sites excluding steroid dienone is 1. The van der Waals surface area contributed by atoms with E-state index in [1.165, 1.54) is 28.0 Å². The van der Waals surface area contributed by atoms with Crippen molar-refractivity contribution in [2.75, 3.05) is 0 Å². The SMILES string of the molecule is Cc1nc2cc(C#N)cc(C#N)c2c(=O)n1C/C=C/c1ccc(Cl)cc1-c1ccnc2c(C(=O)O)csc12. The molecule has 0 saturated carbocycles. The molecule has 3 heterocycles. The highest BCUT2D eigenvalue weighted by Crippen LogP contribution is 2.37. The molecular weight excluding hydrogens is 522 g/mol. The molecule has 10 heteroatoms. The minimum Gasteiger partial charge on any atom is -0.478 e. The summed E-state index contributed by atoms with van der Waals surface area (Å²) in [5.74, 6) is -0.599. The number of thiophene rings is 1. The van der Waals surface area contributed by atoms with Gasteiger partial charge in [0.15, 0.2) is 0 Å². The first-order valence-corrected chi connectivity index (χ1v) is 12.5. The molecule has 0 aliphatic heterocycles. The zero-order valence-corrected chi connectivity index (χ0v) is 21.3. The van der Waals surface area contributed by atoms with Crippen LogP contribution in [0.15, 0.2) is 58.8 Å². The Morgan fingerprint density at radius 1 is 1.18 bits per heavy atom. The molecule has 38 heavy (non-hydrogen) atoms. The number of fused-ring (bicyclic) bond motifs is 2. The highest BCUT2D eigenvalue weighted by molar-refractivity contribution is 7.18. The van der Waals surface area contributed by atoms with Gasteiger partial charge in [-0.1, -0.05) is 29.8 Å². The quantitative estimate of drug-likeness (QED) is 0.300. The van der Waals surface area contributed by atoms with E-state index in [1.54, 1.807) is 36.7 Å². The maximum Gasteiger partial charge on any atom is 0.338 e. The van der Waals surface area contributed by atoms with Crippen LogP contribution in [0.25, 0.3) is 38.3 Å². The Labute approximate surface area is 224 Å². The molecule has 0 saturated heterocycles.